The summed E-state index contributed by atoms with van der Waals surface area (Å²) in [5, 5.41) is 3.14. The average Bonchev–Trinajstić information content (AvgIpc) is 2.65. The standard InChI is InChI=1S/C14H10ClN/c1-2-16-13-9-4-3-6-10(13)11-7-5-8-12(15)14(11)16/h2-9H,1H2. The largest absolute Gasteiger partial charge is 0.315 e. The summed E-state index contributed by atoms with van der Waals surface area (Å²) in [5.41, 5.74) is 2.17. The van der Waals surface area contributed by atoms with Crippen molar-refractivity contribution in [1.82, 2.24) is 4.57 Å². The molecule has 1 aromatic heterocycles. The van der Waals surface area contributed by atoms with Crippen LogP contribution in [0.2, 0.25) is 5.02 Å². The highest BCUT2D eigenvalue weighted by atomic mass is 35.5. The molecule has 16 heavy (non-hydrogen) atoms. The highest BCUT2D eigenvalue weighted by Crippen LogP contribution is 2.33. The van der Waals surface area contributed by atoms with Gasteiger partial charge in [-0.3, -0.25) is 0 Å². The van der Waals surface area contributed by atoms with E-state index in [1.165, 1.54) is 10.8 Å². The van der Waals surface area contributed by atoms with Gasteiger partial charge in [-0.25, -0.2) is 0 Å². The summed E-state index contributed by atoms with van der Waals surface area (Å²) >= 11 is 6.24. The second kappa shape index (κ2) is 3.39. The Labute approximate surface area is 98.6 Å². The van der Waals surface area contributed by atoms with Crippen molar-refractivity contribution < 1.29 is 0 Å². The number of rotatable bonds is 1. The molecule has 0 amide bonds. The fourth-order valence-corrected chi connectivity index (χ4v) is 2.46. The van der Waals surface area contributed by atoms with Crippen molar-refractivity contribution in [3.63, 3.8) is 0 Å². The summed E-state index contributed by atoms with van der Waals surface area (Å²) in [6, 6.07) is 14.2. The molecule has 0 aliphatic heterocycles. The molecule has 1 heterocycles. The smallest absolute Gasteiger partial charge is 0.0721 e. The van der Waals surface area contributed by atoms with Crippen molar-refractivity contribution in [2.75, 3.05) is 0 Å². The maximum absolute atomic E-state index is 6.24. The third-order valence-electron chi connectivity index (χ3n) is 2.86. The Kier molecular flexibility index (Phi) is 2.01. The van der Waals surface area contributed by atoms with Crippen LogP contribution in [0.4, 0.5) is 0 Å². The number of nitrogens with zero attached hydrogens (tertiary/aromatic N) is 1. The number of hydrogen-bond acceptors (Lipinski definition) is 0. The molecule has 0 spiro atoms. The molecule has 78 valence electrons. The zero-order valence-corrected chi connectivity index (χ0v) is 9.41. The normalized spacial score (nSPS) is 11.1. The Morgan fingerprint density at radius 2 is 1.75 bits per heavy atom. The van der Waals surface area contributed by atoms with Crippen LogP contribution in [0.3, 0.4) is 0 Å². The lowest BCUT2D eigenvalue weighted by atomic mass is 10.2. The van der Waals surface area contributed by atoms with Gasteiger partial charge >= 0.3 is 0 Å². The predicted octanol–water partition coefficient (Wildman–Crippen LogP) is 4.55. The molecule has 2 aromatic carbocycles. The van der Waals surface area contributed by atoms with Crippen molar-refractivity contribution >= 4 is 39.6 Å². The van der Waals surface area contributed by atoms with Gasteiger partial charge in [-0.15, -0.1) is 0 Å². The van der Waals surface area contributed by atoms with E-state index in [0.717, 1.165) is 16.1 Å². The van der Waals surface area contributed by atoms with Crippen LogP contribution >= 0.6 is 11.6 Å². The molecule has 0 aliphatic rings. The van der Waals surface area contributed by atoms with Gasteiger partial charge in [0.25, 0.3) is 0 Å². The summed E-state index contributed by atoms with van der Waals surface area (Å²) in [7, 11) is 0. The van der Waals surface area contributed by atoms with Gasteiger partial charge in [0.1, 0.15) is 0 Å². The molecule has 0 aliphatic carbocycles. The van der Waals surface area contributed by atoms with Crippen LogP contribution in [0.15, 0.2) is 49.0 Å². The van der Waals surface area contributed by atoms with Crippen molar-refractivity contribution in [2.24, 2.45) is 0 Å². The molecule has 3 aromatic rings. The summed E-state index contributed by atoms with van der Waals surface area (Å²) < 4.78 is 2.03. The van der Waals surface area contributed by atoms with Crippen molar-refractivity contribution in [1.29, 1.82) is 0 Å². The molecule has 0 saturated carbocycles. The van der Waals surface area contributed by atoms with E-state index < -0.39 is 0 Å². The maximum Gasteiger partial charge on any atom is 0.0721 e. The number of aromatic nitrogens is 1. The minimum atomic E-state index is 0.758. The van der Waals surface area contributed by atoms with E-state index in [-0.39, 0.29) is 0 Å². The van der Waals surface area contributed by atoms with Crippen LogP contribution < -0.4 is 0 Å². The average molecular weight is 228 g/mol. The Morgan fingerprint density at radius 1 is 1.00 bits per heavy atom. The van der Waals surface area contributed by atoms with E-state index in [1.54, 1.807) is 6.20 Å². The maximum atomic E-state index is 6.24. The predicted molar refractivity (Wildman–Crippen MR) is 70.8 cm³/mol. The van der Waals surface area contributed by atoms with Crippen molar-refractivity contribution in [3.05, 3.63) is 54.1 Å². The van der Waals surface area contributed by atoms with Crippen LogP contribution in [0, 0.1) is 0 Å². The number of fused-ring (bicyclic) bond motifs is 3. The number of hydrogen-bond donors (Lipinski definition) is 0. The van der Waals surface area contributed by atoms with Crippen LogP contribution in [0.25, 0.3) is 28.0 Å². The zero-order chi connectivity index (χ0) is 11.1. The molecule has 3 rings (SSSR count). The molecular weight excluding hydrogens is 218 g/mol. The van der Waals surface area contributed by atoms with E-state index in [4.69, 9.17) is 11.6 Å². The molecule has 0 fully saturated rings. The fourth-order valence-electron chi connectivity index (χ4n) is 2.20. The lowest BCUT2D eigenvalue weighted by molar-refractivity contribution is 1.30. The SMILES string of the molecule is C=Cn1c2ccccc2c2cccc(Cl)c21. The van der Waals surface area contributed by atoms with Crippen molar-refractivity contribution in [3.8, 4) is 0 Å². The van der Waals surface area contributed by atoms with Gasteiger partial charge in [0.05, 0.1) is 16.1 Å². The monoisotopic (exact) mass is 227 g/mol. The first-order valence-corrected chi connectivity index (χ1v) is 5.50. The van der Waals surface area contributed by atoms with Crippen LogP contribution in [0.1, 0.15) is 0 Å². The fraction of sp³-hybridized carbons (Fsp3) is 0. The number of benzene rings is 2. The van der Waals surface area contributed by atoms with E-state index >= 15 is 0 Å². The third kappa shape index (κ3) is 1.12. The second-order valence-electron chi connectivity index (χ2n) is 3.71. The van der Waals surface area contributed by atoms with Crippen molar-refractivity contribution in [2.45, 2.75) is 0 Å². The molecule has 2 heteroatoms. The molecule has 0 radical (unpaired) electrons. The third-order valence-corrected chi connectivity index (χ3v) is 3.17. The molecular formula is C14H10ClN. The molecule has 0 bridgehead atoms. The first-order valence-electron chi connectivity index (χ1n) is 5.12. The Morgan fingerprint density at radius 3 is 2.56 bits per heavy atom. The Balaban J connectivity index is 2.70. The van der Waals surface area contributed by atoms with E-state index in [2.05, 4.69) is 24.8 Å². The van der Waals surface area contributed by atoms with E-state index in [0.29, 0.717) is 0 Å². The van der Waals surface area contributed by atoms with E-state index in [9.17, 15) is 0 Å². The quantitative estimate of drug-likeness (QED) is 0.575. The lowest BCUT2D eigenvalue weighted by Gasteiger charge is -2.00. The molecule has 0 saturated heterocycles. The minimum Gasteiger partial charge on any atom is -0.315 e. The summed E-state index contributed by atoms with van der Waals surface area (Å²) in [6.07, 6.45) is 1.80. The molecule has 0 N–H and O–H groups in total. The van der Waals surface area contributed by atoms with Gasteiger partial charge in [-0.05, 0) is 12.1 Å². The minimum absolute atomic E-state index is 0.758. The number of para-hydroxylation sites is 2. The summed E-state index contributed by atoms with van der Waals surface area (Å²) in [4.78, 5) is 0. The van der Waals surface area contributed by atoms with Crippen LogP contribution in [-0.4, -0.2) is 4.57 Å². The van der Waals surface area contributed by atoms with Gasteiger partial charge in [0, 0.05) is 17.0 Å². The van der Waals surface area contributed by atoms with Gasteiger partial charge in [0.2, 0.25) is 0 Å². The lowest BCUT2D eigenvalue weighted by Crippen LogP contribution is -1.84. The van der Waals surface area contributed by atoms with Gasteiger partial charge in [-0.1, -0.05) is 48.5 Å². The van der Waals surface area contributed by atoms with Gasteiger partial charge in [0.15, 0.2) is 0 Å². The number of halogens is 1. The molecule has 0 unspecified atom stereocenters. The summed E-state index contributed by atoms with van der Waals surface area (Å²) in [6.45, 7) is 3.85. The van der Waals surface area contributed by atoms with E-state index in [1.807, 2.05) is 28.8 Å². The Bertz CT molecular complexity index is 694. The molecule has 1 nitrogen and oxygen atoms in total. The highest BCUT2D eigenvalue weighted by Gasteiger charge is 2.10. The zero-order valence-electron chi connectivity index (χ0n) is 8.65. The second-order valence-corrected chi connectivity index (χ2v) is 4.11. The highest BCUT2D eigenvalue weighted by molar-refractivity contribution is 6.36. The Hall–Kier alpha value is -1.73. The topological polar surface area (TPSA) is 4.93 Å². The van der Waals surface area contributed by atoms with Crippen LogP contribution in [-0.2, 0) is 0 Å². The summed E-state index contributed by atoms with van der Waals surface area (Å²) in [5.74, 6) is 0. The molecule has 0 atom stereocenters. The van der Waals surface area contributed by atoms with Gasteiger partial charge in [-0.2, -0.15) is 0 Å². The first kappa shape index (κ1) is 9.49. The first-order chi connectivity index (χ1) is 7.83. The van der Waals surface area contributed by atoms with Gasteiger partial charge < -0.3 is 4.57 Å². The van der Waals surface area contributed by atoms with Crippen LogP contribution in [0.5, 0.6) is 0 Å².